The van der Waals surface area contributed by atoms with Crippen molar-refractivity contribution in [3.8, 4) is 0 Å². The number of carboxylic acids is 1. The van der Waals surface area contributed by atoms with Crippen LogP contribution in [0.4, 0.5) is 0 Å². The Balaban J connectivity index is 1.71. The van der Waals surface area contributed by atoms with E-state index in [0.29, 0.717) is 23.9 Å². The van der Waals surface area contributed by atoms with Gasteiger partial charge < -0.3 is 10.2 Å². The fourth-order valence-electron chi connectivity index (χ4n) is 8.00. The van der Waals surface area contributed by atoms with E-state index in [2.05, 4.69) is 6.92 Å². The minimum absolute atomic E-state index is 0.190. The molecule has 4 aliphatic carbocycles. The molecule has 3 heteroatoms. The fourth-order valence-corrected chi connectivity index (χ4v) is 8.00. The van der Waals surface area contributed by atoms with Crippen LogP contribution in [-0.4, -0.2) is 22.8 Å². The summed E-state index contributed by atoms with van der Waals surface area (Å²) in [4.78, 5) is 12.1. The molecule has 3 nitrogen and oxygen atoms in total. The first-order valence-electron chi connectivity index (χ1n) is 9.65. The summed E-state index contributed by atoms with van der Waals surface area (Å²) in [5.74, 6) is 0.435. The monoisotopic (exact) mass is 320 g/mol. The minimum atomic E-state index is -0.573. The van der Waals surface area contributed by atoms with E-state index < -0.39 is 11.4 Å². The molecule has 6 atom stereocenters. The van der Waals surface area contributed by atoms with Crippen LogP contribution >= 0.6 is 0 Å². The lowest BCUT2D eigenvalue weighted by atomic mass is 9.40. The molecule has 0 saturated heterocycles. The molecule has 4 fully saturated rings. The Bertz CT molecular complexity index is 531. The SMILES string of the molecule is C[C@@]12CCC[C@@](C)(C(=O)O)[C@H]1CC[C@@]13CC[C@@](CO)(CC[C@H]12)C3. The van der Waals surface area contributed by atoms with Crippen molar-refractivity contribution in [2.24, 2.45) is 33.5 Å². The summed E-state index contributed by atoms with van der Waals surface area (Å²) in [6.07, 6.45) is 11.4. The van der Waals surface area contributed by atoms with Gasteiger partial charge in [0.05, 0.1) is 5.41 Å². The predicted molar refractivity (Wildman–Crippen MR) is 89.0 cm³/mol. The molecule has 23 heavy (non-hydrogen) atoms. The number of aliphatic carboxylic acids is 1. The second kappa shape index (κ2) is 4.74. The van der Waals surface area contributed by atoms with Gasteiger partial charge >= 0.3 is 5.97 Å². The summed E-state index contributed by atoms with van der Waals surface area (Å²) in [5, 5.41) is 19.9. The summed E-state index contributed by atoms with van der Waals surface area (Å²) < 4.78 is 0. The van der Waals surface area contributed by atoms with Crippen molar-refractivity contribution in [1.29, 1.82) is 0 Å². The highest BCUT2D eigenvalue weighted by molar-refractivity contribution is 5.75. The Morgan fingerprint density at radius 2 is 1.74 bits per heavy atom. The zero-order chi connectivity index (χ0) is 16.5. The van der Waals surface area contributed by atoms with Crippen LogP contribution in [0.25, 0.3) is 0 Å². The number of rotatable bonds is 2. The van der Waals surface area contributed by atoms with Gasteiger partial charge in [-0.25, -0.2) is 0 Å². The maximum Gasteiger partial charge on any atom is 0.309 e. The molecule has 2 N–H and O–H groups in total. The average Bonchev–Trinajstić information content (AvgIpc) is 2.79. The van der Waals surface area contributed by atoms with Crippen molar-refractivity contribution in [3.05, 3.63) is 0 Å². The van der Waals surface area contributed by atoms with Crippen LogP contribution in [0.15, 0.2) is 0 Å². The highest BCUT2D eigenvalue weighted by atomic mass is 16.4. The highest BCUT2D eigenvalue weighted by Gasteiger charge is 2.66. The molecule has 0 aliphatic heterocycles. The second-order valence-corrected chi connectivity index (χ2v) is 9.96. The third kappa shape index (κ3) is 1.89. The molecule has 0 aromatic heterocycles. The van der Waals surface area contributed by atoms with Gasteiger partial charge in [0, 0.05) is 6.61 Å². The van der Waals surface area contributed by atoms with Gasteiger partial charge in [0.2, 0.25) is 0 Å². The normalized spacial score (nSPS) is 55.1. The quantitative estimate of drug-likeness (QED) is 0.800. The lowest BCUT2D eigenvalue weighted by molar-refractivity contribution is -0.184. The summed E-state index contributed by atoms with van der Waals surface area (Å²) in [6.45, 7) is 4.80. The number of aliphatic hydroxyl groups is 1. The molecule has 0 amide bonds. The van der Waals surface area contributed by atoms with E-state index in [9.17, 15) is 15.0 Å². The first-order chi connectivity index (χ1) is 10.8. The van der Waals surface area contributed by atoms with Crippen LogP contribution in [0.1, 0.15) is 78.1 Å². The Kier molecular flexibility index (Phi) is 3.28. The van der Waals surface area contributed by atoms with E-state index in [0.717, 1.165) is 25.7 Å². The number of carboxylic acid groups (broad SMARTS) is 1. The number of carbonyl (C=O) groups is 1. The molecule has 0 unspecified atom stereocenters. The van der Waals surface area contributed by atoms with Gasteiger partial charge in [0.15, 0.2) is 0 Å². The Morgan fingerprint density at radius 3 is 2.43 bits per heavy atom. The molecule has 4 saturated carbocycles. The van der Waals surface area contributed by atoms with E-state index in [1.165, 1.54) is 38.5 Å². The maximum atomic E-state index is 12.1. The summed E-state index contributed by atoms with van der Waals surface area (Å²) >= 11 is 0. The summed E-state index contributed by atoms with van der Waals surface area (Å²) in [5.41, 5.74) is 0.266. The Labute approximate surface area is 139 Å². The van der Waals surface area contributed by atoms with Crippen LogP contribution in [-0.2, 0) is 4.79 Å². The van der Waals surface area contributed by atoms with Crippen molar-refractivity contribution in [1.82, 2.24) is 0 Å². The van der Waals surface area contributed by atoms with E-state index in [4.69, 9.17) is 0 Å². The molecular weight excluding hydrogens is 288 g/mol. The second-order valence-electron chi connectivity index (χ2n) is 9.96. The van der Waals surface area contributed by atoms with Crippen LogP contribution < -0.4 is 0 Å². The van der Waals surface area contributed by atoms with Gasteiger partial charge in [-0.2, -0.15) is 0 Å². The zero-order valence-corrected chi connectivity index (χ0v) is 14.7. The first kappa shape index (κ1) is 15.9. The third-order valence-electron chi connectivity index (χ3n) is 9.11. The number of aliphatic hydroxyl groups excluding tert-OH is 1. The summed E-state index contributed by atoms with van der Waals surface area (Å²) in [7, 11) is 0. The lowest BCUT2D eigenvalue weighted by Gasteiger charge is -2.64. The van der Waals surface area contributed by atoms with Crippen LogP contribution in [0.3, 0.4) is 0 Å². The smallest absolute Gasteiger partial charge is 0.309 e. The first-order valence-corrected chi connectivity index (χ1v) is 9.65. The fraction of sp³-hybridized carbons (Fsp3) is 0.950. The molecule has 1 spiro atoms. The number of hydrogen-bond acceptors (Lipinski definition) is 2. The number of fused-ring (bicyclic) bond motifs is 3. The van der Waals surface area contributed by atoms with Gasteiger partial charge in [-0.1, -0.05) is 13.3 Å². The Morgan fingerprint density at radius 1 is 1.00 bits per heavy atom. The highest BCUT2D eigenvalue weighted by Crippen LogP contribution is 2.73. The minimum Gasteiger partial charge on any atom is -0.481 e. The molecule has 0 aromatic rings. The van der Waals surface area contributed by atoms with Crippen molar-refractivity contribution in [2.45, 2.75) is 78.1 Å². The van der Waals surface area contributed by atoms with Crippen molar-refractivity contribution >= 4 is 5.97 Å². The molecule has 0 heterocycles. The largest absolute Gasteiger partial charge is 0.481 e. The Hall–Kier alpha value is -0.570. The van der Waals surface area contributed by atoms with E-state index in [1.54, 1.807) is 0 Å². The van der Waals surface area contributed by atoms with Crippen molar-refractivity contribution < 1.29 is 15.0 Å². The molecule has 4 aliphatic rings. The molecule has 4 rings (SSSR count). The number of hydrogen-bond donors (Lipinski definition) is 2. The molecular formula is C20H32O3. The predicted octanol–water partition coefficient (Wildman–Crippen LogP) is 4.24. The average molecular weight is 320 g/mol. The van der Waals surface area contributed by atoms with E-state index in [1.807, 2.05) is 6.92 Å². The van der Waals surface area contributed by atoms with Gasteiger partial charge in [-0.15, -0.1) is 0 Å². The maximum absolute atomic E-state index is 12.1. The lowest BCUT2D eigenvalue weighted by Crippen LogP contribution is -2.58. The van der Waals surface area contributed by atoms with Crippen molar-refractivity contribution in [2.75, 3.05) is 6.61 Å². The topological polar surface area (TPSA) is 57.5 Å². The van der Waals surface area contributed by atoms with Gasteiger partial charge in [0.25, 0.3) is 0 Å². The van der Waals surface area contributed by atoms with Crippen molar-refractivity contribution in [3.63, 3.8) is 0 Å². The zero-order valence-electron chi connectivity index (χ0n) is 14.7. The van der Waals surface area contributed by atoms with Gasteiger partial charge in [-0.05, 0) is 92.8 Å². The summed E-state index contributed by atoms with van der Waals surface area (Å²) in [6, 6.07) is 0. The van der Waals surface area contributed by atoms with E-state index in [-0.39, 0.29) is 10.8 Å². The van der Waals surface area contributed by atoms with Gasteiger partial charge in [0.1, 0.15) is 0 Å². The molecule has 2 bridgehead atoms. The standard InChI is InChI=1S/C20H32O3/c1-17-6-3-7-18(2,16(22)23)14(17)5-9-20-11-10-19(12-20,13-21)8-4-15(17)20/h14-15,21H,3-13H2,1-2H3,(H,22,23)/t14-,15-,17+,18+,19-,20-/m0/s1. The van der Waals surface area contributed by atoms with E-state index >= 15 is 0 Å². The van der Waals surface area contributed by atoms with Crippen LogP contribution in [0.2, 0.25) is 0 Å². The third-order valence-corrected chi connectivity index (χ3v) is 9.11. The molecule has 0 radical (unpaired) electrons. The van der Waals surface area contributed by atoms with Crippen LogP contribution in [0.5, 0.6) is 0 Å². The van der Waals surface area contributed by atoms with Crippen LogP contribution in [0, 0.1) is 33.5 Å². The molecule has 0 aromatic carbocycles. The molecule has 130 valence electrons. The van der Waals surface area contributed by atoms with Gasteiger partial charge in [-0.3, -0.25) is 4.79 Å².